The monoisotopic (exact) mass is 311 g/mol. The number of piperidine rings is 1. The van der Waals surface area contributed by atoms with Crippen LogP contribution in [0.25, 0.3) is 0 Å². The number of nitrogens with zero attached hydrogens (tertiary/aromatic N) is 2. The summed E-state index contributed by atoms with van der Waals surface area (Å²) in [7, 11) is 0. The van der Waals surface area contributed by atoms with Crippen LogP contribution < -0.4 is 5.56 Å². The Morgan fingerprint density at radius 1 is 1.30 bits per heavy atom. The fourth-order valence-corrected chi connectivity index (χ4v) is 2.68. The molecule has 0 spiro atoms. The molecule has 3 rings (SSSR count). The summed E-state index contributed by atoms with van der Waals surface area (Å²) in [6.45, 7) is 2.29. The first kappa shape index (κ1) is 15.4. The molecule has 1 aliphatic rings. The van der Waals surface area contributed by atoms with E-state index in [1.165, 1.54) is 12.3 Å². The van der Waals surface area contributed by atoms with E-state index in [1.807, 2.05) is 0 Å². The van der Waals surface area contributed by atoms with E-state index in [1.54, 1.807) is 24.4 Å². The number of halogens is 1. The van der Waals surface area contributed by atoms with Gasteiger partial charge in [0.25, 0.3) is 5.56 Å². The summed E-state index contributed by atoms with van der Waals surface area (Å²) in [5, 5.41) is 0. The molecule has 1 aromatic carbocycles. The van der Waals surface area contributed by atoms with E-state index in [9.17, 15) is 9.18 Å². The van der Waals surface area contributed by atoms with Gasteiger partial charge in [0.15, 0.2) is 0 Å². The van der Waals surface area contributed by atoms with Gasteiger partial charge in [-0.3, -0.25) is 14.7 Å². The van der Waals surface area contributed by atoms with Crippen molar-refractivity contribution in [2.24, 2.45) is 5.92 Å². The lowest BCUT2D eigenvalue weighted by molar-refractivity contribution is 0.196. The topological polar surface area (TPSA) is 49.0 Å². The molecule has 1 saturated heterocycles. The van der Waals surface area contributed by atoms with Gasteiger partial charge in [-0.05, 0) is 38.1 Å². The van der Waals surface area contributed by atoms with Crippen LogP contribution in [0, 0.1) is 23.6 Å². The Morgan fingerprint density at radius 3 is 2.83 bits per heavy atom. The predicted octanol–water partition coefficient (Wildman–Crippen LogP) is 2.17. The first-order chi connectivity index (χ1) is 11.2. The number of hydrogen-bond donors (Lipinski definition) is 1. The molecule has 0 atom stereocenters. The molecule has 2 heterocycles. The molecule has 0 radical (unpaired) electrons. The highest BCUT2D eigenvalue weighted by molar-refractivity contribution is 5.35. The summed E-state index contributed by atoms with van der Waals surface area (Å²) in [5.74, 6) is 6.12. The summed E-state index contributed by atoms with van der Waals surface area (Å²) in [6.07, 6.45) is 4.98. The summed E-state index contributed by atoms with van der Waals surface area (Å²) in [4.78, 5) is 20.6. The SMILES string of the molecule is O=c1[nH]ccnc1CN1CCC(C#Cc2ccccc2F)CC1. The van der Waals surface area contributed by atoms with E-state index < -0.39 is 0 Å². The van der Waals surface area contributed by atoms with Crippen molar-refractivity contribution in [3.05, 3.63) is 64.1 Å². The zero-order valence-corrected chi connectivity index (χ0v) is 12.8. The molecule has 1 aromatic heterocycles. The quantitative estimate of drug-likeness (QED) is 0.865. The number of nitrogens with one attached hydrogen (secondary N) is 1. The first-order valence-electron chi connectivity index (χ1n) is 7.73. The van der Waals surface area contributed by atoms with Crippen molar-refractivity contribution >= 4 is 0 Å². The second-order valence-corrected chi connectivity index (χ2v) is 5.66. The van der Waals surface area contributed by atoms with E-state index in [0.29, 0.717) is 17.8 Å². The zero-order valence-electron chi connectivity index (χ0n) is 12.8. The second kappa shape index (κ2) is 7.21. The average Bonchev–Trinajstić information content (AvgIpc) is 2.57. The van der Waals surface area contributed by atoms with Crippen molar-refractivity contribution in [3.63, 3.8) is 0 Å². The highest BCUT2D eigenvalue weighted by Gasteiger charge is 2.18. The van der Waals surface area contributed by atoms with Crippen LogP contribution >= 0.6 is 0 Å². The molecule has 1 N–H and O–H groups in total. The zero-order chi connectivity index (χ0) is 16.1. The Balaban J connectivity index is 1.56. The fraction of sp³-hybridized carbons (Fsp3) is 0.333. The Kier molecular flexibility index (Phi) is 4.84. The lowest BCUT2D eigenvalue weighted by atomic mass is 9.97. The molecular weight excluding hydrogens is 293 g/mol. The van der Waals surface area contributed by atoms with E-state index in [0.717, 1.165) is 25.9 Å². The van der Waals surface area contributed by atoms with Gasteiger partial charge in [-0.2, -0.15) is 0 Å². The minimum Gasteiger partial charge on any atom is -0.326 e. The molecule has 4 nitrogen and oxygen atoms in total. The van der Waals surface area contributed by atoms with E-state index in [2.05, 4.69) is 26.7 Å². The highest BCUT2D eigenvalue weighted by atomic mass is 19.1. The molecule has 5 heteroatoms. The van der Waals surface area contributed by atoms with Crippen LogP contribution in [-0.4, -0.2) is 28.0 Å². The highest BCUT2D eigenvalue weighted by Crippen LogP contribution is 2.17. The molecule has 0 bridgehead atoms. The molecule has 0 aliphatic carbocycles. The summed E-state index contributed by atoms with van der Waals surface area (Å²) < 4.78 is 13.5. The lowest BCUT2D eigenvalue weighted by Crippen LogP contribution is -2.35. The third-order valence-corrected chi connectivity index (χ3v) is 4.03. The van der Waals surface area contributed by atoms with E-state index >= 15 is 0 Å². The smallest absolute Gasteiger partial charge is 0.270 e. The Hall–Kier alpha value is -2.45. The van der Waals surface area contributed by atoms with Gasteiger partial charge < -0.3 is 4.98 Å². The third kappa shape index (κ3) is 4.05. The number of rotatable bonds is 2. The predicted molar refractivity (Wildman–Crippen MR) is 86.1 cm³/mol. The summed E-state index contributed by atoms with van der Waals surface area (Å²) >= 11 is 0. The van der Waals surface area contributed by atoms with Crippen molar-refractivity contribution in [2.45, 2.75) is 19.4 Å². The first-order valence-corrected chi connectivity index (χ1v) is 7.73. The van der Waals surface area contributed by atoms with Crippen molar-refractivity contribution < 1.29 is 4.39 Å². The van der Waals surface area contributed by atoms with Crippen LogP contribution in [0.1, 0.15) is 24.1 Å². The van der Waals surface area contributed by atoms with Gasteiger partial charge in [0, 0.05) is 24.9 Å². The fourth-order valence-electron chi connectivity index (χ4n) is 2.68. The molecular formula is C18H18FN3O. The van der Waals surface area contributed by atoms with Gasteiger partial charge in [0.2, 0.25) is 0 Å². The number of benzene rings is 1. The number of aromatic nitrogens is 2. The molecule has 0 amide bonds. The largest absolute Gasteiger partial charge is 0.326 e. The molecule has 0 saturated carbocycles. The van der Waals surface area contributed by atoms with Crippen LogP contribution in [-0.2, 0) is 6.54 Å². The van der Waals surface area contributed by atoms with Crippen LogP contribution in [0.15, 0.2) is 41.5 Å². The van der Waals surface area contributed by atoms with Gasteiger partial charge in [-0.1, -0.05) is 24.0 Å². The van der Waals surface area contributed by atoms with Crippen LogP contribution in [0.2, 0.25) is 0 Å². The Morgan fingerprint density at radius 2 is 2.09 bits per heavy atom. The van der Waals surface area contributed by atoms with Gasteiger partial charge in [-0.15, -0.1) is 0 Å². The number of hydrogen-bond acceptors (Lipinski definition) is 3. The van der Waals surface area contributed by atoms with Gasteiger partial charge in [0.05, 0.1) is 5.56 Å². The maximum absolute atomic E-state index is 13.5. The van der Waals surface area contributed by atoms with E-state index in [4.69, 9.17) is 0 Å². The standard InChI is InChI=1S/C18H18FN3O/c19-16-4-2-1-3-15(16)6-5-14-7-11-22(12-8-14)13-17-18(23)21-10-9-20-17/h1-4,9-10,14H,7-8,11-13H2,(H,21,23). The summed E-state index contributed by atoms with van der Waals surface area (Å²) in [5.41, 5.74) is 0.868. The Bertz CT molecular complexity index is 782. The van der Waals surface area contributed by atoms with Gasteiger partial charge in [-0.25, -0.2) is 4.39 Å². The average molecular weight is 311 g/mol. The molecule has 1 fully saturated rings. The number of H-pyrrole nitrogens is 1. The van der Waals surface area contributed by atoms with Crippen LogP contribution in [0.5, 0.6) is 0 Å². The van der Waals surface area contributed by atoms with Gasteiger partial charge >= 0.3 is 0 Å². The maximum Gasteiger partial charge on any atom is 0.270 e. The van der Waals surface area contributed by atoms with Crippen molar-refractivity contribution in [2.75, 3.05) is 13.1 Å². The molecule has 0 unspecified atom stereocenters. The lowest BCUT2D eigenvalue weighted by Gasteiger charge is -2.29. The molecule has 1 aliphatic heterocycles. The normalized spacial score (nSPS) is 15.9. The van der Waals surface area contributed by atoms with Gasteiger partial charge in [0.1, 0.15) is 11.5 Å². The molecule has 23 heavy (non-hydrogen) atoms. The van der Waals surface area contributed by atoms with Crippen molar-refractivity contribution in [1.82, 2.24) is 14.9 Å². The van der Waals surface area contributed by atoms with Crippen molar-refractivity contribution in [1.29, 1.82) is 0 Å². The molecule has 118 valence electrons. The second-order valence-electron chi connectivity index (χ2n) is 5.66. The number of likely N-dealkylation sites (tertiary alicyclic amines) is 1. The van der Waals surface area contributed by atoms with Crippen molar-refractivity contribution in [3.8, 4) is 11.8 Å². The molecule has 2 aromatic rings. The third-order valence-electron chi connectivity index (χ3n) is 4.03. The number of aromatic amines is 1. The minimum atomic E-state index is -0.271. The van der Waals surface area contributed by atoms with Crippen LogP contribution in [0.4, 0.5) is 4.39 Å². The van der Waals surface area contributed by atoms with Crippen LogP contribution in [0.3, 0.4) is 0 Å². The minimum absolute atomic E-state index is 0.131. The summed E-state index contributed by atoms with van der Waals surface area (Å²) in [6, 6.07) is 6.58. The Labute approximate surface area is 134 Å². The van der Waals surface area contributed by atoms with E-state index in [-0.39, 0.29) is 17.3 Å². The maximum atomic E-state index is 13.5.